The number of nitrogens with one attached hydrogen (secondary N) is 1. The first-order chi connectivity index (χ1) is 18.7. The summed E-state index contributed by atoms with van der Waals surface area (Å²) in [4.78, 5) is 12.3. The highest BCUT2D eigenvalue weighted by molar-refractivity contribution is 6.10. The van der Waals surface area contributed by atoms with Gasteiger partial charge in [-0.3, -0.25) is 4.99 Å². The van der Waals surface area contributed by atoms with Crippen molar-refractivity contribution in [3.63, 3.8) is 0 Å². The molecule has 2 aliphatic rings. The molecule has 9 heteroatoms. The van der Waals surface area contributed by atoms with Gasteiger partial charge in [-0.15, -0.1) is 0 Å². The number of nitrogens with zero attached hydrogens (tertiary/aromatic N) is 3. The van der Waals surface area contributed by atoms with Gasteiger partial charge in [-0.05, 0) is 43.0 Å². The van der Waals surface area contributed by atoms with Gasteiger partial charge in [0, 0.05) is 66.3 Å². The monoisotopic (exact) mass is 515 g/mol. The van der Waals surface area contributed by atoms with Gasteiger partial charge in [0.1, 0.15) is 23.6 Å². The first kappa shape index (κ1) is 25.9. The molecule has 2 saturated heterocycles. The second-order valence-electron chi connectivity index (χ2n) is 9.40. The van der Waals surface area contributed by atoms with E-state index in [2.05, 4.69) is 21.0 Å². The molecule has 0 amide bonds. The molecule has 3 aromatic rings. The molecule has 0 saturated carbocycles. The van der Waals surface area contributed by atoms with Gasteiger partial charge in [-0.2, -0.15) is 5.26 Å². The number of allylic oxidation sites excluding steroid dienone is 1. The number of aromatic nitrogens is 2. The fourth-order valence-corrected chi connectivity index (χ4v) is 4.72. The zero-order valence-corrected chi connectivity index (χ0v) is 21.4. The lowest BCUT2D eigenvalue weighted by atomic mass is 10.0. The molecule has 1 aromatic carbocycles. The molecule has 198 valence electrons. The summed E-state index contributed by atoms with van der Waals surface area (Å²) in [6.07, 6.45) is 11.7. The lowest BCUT2D eigenvalue weighted by Crippen LogP contribution is -2.26. The van der Waals surface area contributed by atoms with Crippen LogP contribution in [0, 0.1) is 11.3 Å². The van der Waals surface area contributed by atoms with Crippen molar-refractivity contribution in [3.05, 3.63) is 54.0 Å². The summed E-state index contributed by atoms with van der Waals surface area (Å²) in [5.74, 6) is 0.602. The fraction of sp³-hybridized carbons (Fsp3) is 0.414. The average Bonchev–Trinajstić information content (AvgIpc) is 3.40. The highest BCUT2D eigenvalue weighted by Gasteiger charge is 2.18. The van der Waals surface area contributed by atoms with E-state index in [1.54, 1.807) is 12.4 Å². The number of ether oxygens (including phenoxy) is 4. The van der Waals surface area contributed by atoms with Crippen molar-refractivity contribution in [2.24, 2.45) is 10.7 Å². The molecule has 2 fully saturated rings. The third kappa shape index (κ3) is 6.22. The topological polar surface area (TPSA) is 128 Å². The van der Waals surface area contributed by atoms with E-state index < -0.39 is 0 Å². The molecule has 5 rings (SSSR count). The van der Waals surface area contributed by atoms with Gasteiger partial charge in [0.15, 0.2) is 6.29 Å². The molecule has 2 aliphatic heterocycles. The third-order valence-electron chi connectivity index (χ3n) is 6.81. The van der Waals surface area contributed by atoms with Crippen molar-refractivity contribution >= 4 is 22.8 Å². The highest BCUT2D eigenvalue weighted by Crippen LogP contribution is 2.33. The molecule has 0 spiro atoms. The van der Waals surface area contributed by atoms with Crippen LogP contribution in [-0.2, 0) is 14.2 Å². The first-order valence-electron chi connectivity index (χ1n) is 13.2. The molecule has 3 N–H and O–H groups in total. The van der Waals surface area contributed by atoms with Crippen molar-refractivity contribution in [1.82, 2.24) is 9.97 Å². The number of nitrogens with two attached hydrogens (primary N) is 1. The summed E-state index contributed by atoms with van der Waals surface area (Å²) < 4.78 is 22.9. The Bertz CT molecular complexity index is 1330. The van der Waals surface area contributed by atoms with E-state index in [4.69, 9.17) is 24.7 Å². The number of hydrogen-bond acceptors (Lipinski definition) is 8. The minimum absolute atomic E-state index is 0.0665. The van der Waals surface area contributed by atoms with Crippen molar-refractivity contribution in [3.8, 4) is 22.9 Å². The molecular weight excluding hydrogens is 482 g/mol. The number of aromatic amines is 1. The Balaban J connectivity index is 1.30. The summed E-state index contributed by atoms with van der Waals surface area (Å²) in [7, 11) is 0. The molecule has 38 heavy (non-hydrogen) atoms. The van der Waals surface area contributed by atoms with Crippen LogP contribution in [0.25, 0.3) is 27.7 Å². The van der Waals surface area contributed by atoms with Crippen LogP contribution in [-0.4, -0.2) is 61.5 Å². The van der Waals surface area contributed by atoms with Gasteiger partial charge in [0.25, 0.3) is 0 Å². The summed E-state index contributed by atoms with van der Waals surface area (Å²) in [5.41, 5.74) is 10.6. The maximum Gasteiger partial charge on any atom is 0.157 e. The number of pyridine rings is 1. The number of aliphatic imine (C=N–C) groups is 1. The normalized spacial score (nSPS) is 19.1. The Hall–Kier alpha value is -3.71. The summed E-state index contributed by atoms with van der Waals surface area (Å²) in [6.45, 7) is 3.14. The van der Waals surface area contributed by atoms with Gasteiger partial charge < -0.3 is 29.7 Å². The quantitative estimate of drug-likeness (QED) is 0.315. The summed E-state index contributed by atoms with van der Waals surface area (Å²) in [6, 6.07) is 10.0. The maximum absolute atomic E-state index is 9.80. The van der Waals surface area contributed by atoms with Crippen molar-refractivity contribution in [2.45, 2.75) is 44.5 Å². The predicted molar refractivity (Wildman–Crippen MR) is 146 cm³/mol. The van der Waals surface area contributed by atoms with E-state index in [1.165, 1.54) is 6.20 Å². The van der Waals surface area contributed by atoms with Crippen molar-refractivity contribution in [1.29, 1.82) is 5.26 Å². The second-order valence-corrected chi connectivity index (χ2v) is 9.40. The predicted octanol–water partition coefficient (Wildman–Crippen LogP) is 4.57. The zero-order chi connectivity index (χ0) is 26.2. The van der Waals surface area contributed by atoms with Crippen LogP contribution in [0.4, 0.5) is 0 Å². The largest absolute Gasteiger partial charge is 0.489 e. The Labute approximate surface area is 222 Å². The van der Waals surface area contributed by atoms with Crippen LogP contribution < -0.4 is 10.5 Å². The summed E-state index contributed by atoms with van der Waals surface area (Å²) >= 11 is 0. The number of rotatable bonds is 9. The molecule has 0 radical (unpaired) electrons. The van der Waals surface area contributed by atoms with E-state index in [-0.39, 0.29) is 12.4 Å². The second kappa shape index (κ2) is 12.7. The minimum atomic E-state index is -0.119. The van der Waals surface area contributed by atoms with E-state index in [1.807, 2.05) is 30.5 Å². The van der Waals surface area contributed by atoms with Gasteiger partial charge in [0.2, 0.25) is 0 Å². The SMILES string of the molecule is N#Cc1cc(-c2c[nH]c3ncc(/C(C=NCCOC4CCCCO4)=C/N)cc23)ccc1OC1CCOCC1. The van der Waals surface area contributed by atoms with Crippen LogP contribution in [0.3, 0.4) is 0 Å². The van der Waals surface area contributed by atoms with Crippen LogP contribution in [0.1, 0.15) is 43.2 Å². The number of H-pyrrole nitrogens is 1. The maximum atomic E-state index is 9.80. The molecule has 2 aromatic heterocycles. The molecule has 1 unspecified atom stereocenters. The Morgan fingerprint density at radius 1 is 1.21 bits per heavy atom. The minimum Gasteiger partial charge on any atom is -0.489 e. The molecule has 0 aliphatic carbocycles. The zero-order valence-electron chi connectivity index (χ0n) is 21.4. The number of fused-ring (bicyclic) bond motifs is 1. The standard InChI is InChI=1S/C29H33N5O4/c30-15-21-13-20(4-5-27(21)38-24-6-10-35-11-7-24)26-19-34-29-25(26)14-22(18-33-29)23(16-31)17-32-8-12-37-28-3-1-2-9-36-28/h4-5,13-14,16-19,24,28H,1-3,6-12,31H2,(H,33,34)/b23-16+,32-17?. The number of hydrogen-bond donors (Lipinski definition) is 2. The molecule has 9 nitrogen and oxygen atoms in total. The van der Waals surface area contributed by atoms with Crippen LogP contribution in [0.5, 0.6) is 5.75 Å². The Kier molecular flexibility index (Phi) is 8.66. The van der Waals surface area contributed by atoms with E-state index in [0.29, 0.717) is 37.7 Å². The highest BCUT2D eigenvalue weighted by atomic mass is 16.7. The summed E-state index contributed by atoms with van der Waals surface area (Å²) in [5, 5.41) is 10.7. The lowest BCUT2D eigenvalue weighted by molar-refractivity contribution is -0.160. The van der Waals surface area contributed by atoms with Gasteiger partial charge in [-0.25, -0.2) is 4.98 Å². The lowest BCUT2D eigenvalue weighted by Gasteiger charge is -2.23. The van der Waals surface area contributed by atoms with Crippen LogP contribution in [0.2, 0.25) is 0 Å². The molecule has 0 bridgehead atoms. The van der Waals surface area contributed by atoms with E-state index in [9.17, 15) is 5.26 Å². The van der Waals surface area contributed by atoms with Gasteiger partial charge in [-0.1, -0.05) is 6.07 Å². The Morgan fingerprint density at radius 2 is 2.11 bits per heavy atom. The van der Waals surface area contributed by atoms with E-state index >= 15 is 0 Å². The third-order valence-corrected chi connectivity index (χ3v) is 6.81. The molecule has 1 atom stereocenters. The van der Waals surface area contributed by atoms with Crippen molar-refractivity contribution < 1.29 is 18.9 Å². The van der Waals surface area contributed by atoms with Crippen LogP contribution in [0.15, 0.2) is 47.9 Å². The fourth-order valence-electron chi connectivity index (χ4n) is 4.72. The van der Waals surface area contributed by atoms with E-state index in [0.717, 1.165) is 72.0 Å². The first-order valence-corrected chi connectivity index (χ1v) is 13.2. The van der Waals surface area contributed by atoms with Crippen molar-refractivity contribution in [2.75, 3.05) is 33.0 Å². The number of nitriles is 1. The average molecular weight is 516 g/mol. The molecular formula is C29H33N5O4. The molecule has 4 heterocycles. The Morgan fingerprint density at radius 3 is 2.89 bits per heavy atom. The van der Waals surface area contributed by atoms with Gasteiger partial charge >= 0.3 is 0 Å². The number of benzene rings is 1. The smallest absolute Gasteiger partial charge is 0.157 e. The van der Waals surface area contributed by atoms with Crippen LogP contribution >= 0.6 is 0 Å². The van der Waals surface area contributed by atoms with Gasteiger partial charge in [0.05, 0.1) is 31.9 Å².